The van der Waals surface area contributed by atoms with Gasteiger partial charge in [0.1, 0.15) is 0 Å². The van der Waals surface area contributed by atoms with Crippen LogP contribution >= 0.6 is 0 Å². The predicted molar refractivity (Wildman–Crippen MR) is 66.3 cm³/mol. The van der Waals surface area contributed by atoms with E-state index in [4.69, 9.17) is 4.42 Å². The van der Waals surface area contributed by atoms with Crippen molar-refractivity contribution in [2.24, 2.45) is 7.05 Å². The Morgan fingerprint density at radius 3 is 2.88 bits per heavy atom. The first-order valence-electron chi connectivity index (χ1n) is 6.06. The molecule has 0 saturated carbocycles. The van der Waals surface area contributed by atoms with E-state index in [-0.39, 0.29) is 5.76 Å². The number of aryl methyl sites for hydroxylation is 1. The van der Waals surface area contributed by atoms with Gasteiger partial charge in [-0.3, -0.25) is 4.57 Å². The van der Waals surface area contributed by atoms with Gasteiger partial charge in [0.05, 0.1) is 5.52 Å². The summed E-state index contributed by atoms with van der Waals surface area (Å²) in [6.45, 7) is 2.14. The van der Waals surface area contributed by atoms with Crippen LogP contribution in [0.2, 0.25) is 0 Å². The van der Waals surface area contributed by atoms with E-state index in [2.05, 4.69) is 11.4 Å². The maximum atomic E-state index is 11.4. The van der Waals surface area contributed by atoms with Crippen molar-refractivity contribution in [2.45, 2.75) is 18.8 Å². The Morgan fingerprint density at radius 1 is 1.35 bits per heavy atom. The number of hydrogen-bond donors (Lipinski definition) is 1. The van der Waals surface area contributed by atoms with Crippen LogP contribution in [0.4, 0.5) is 0 Å². The van der Waals surface area contributed by atoms with Crippen LogP contribution in [-0.4, -0.2) is 17.7 Å². The highest BCUT2D eigenvalue weighted by molar-refractivity contribution is 5.73. The van der Waals surface area contributed by atoms with Crippen molar-refractivity contribution < 1.29 is 4.42 Å². The molecule has 0 atom stereocenters. The molecule has 17 heavy (non-hydrogen) atoms. The third-order valence-corrected chi connectivity index (χ3v) is 3.63. The molecule has 0 radical (unpaired) electrons. The van der Waals surface area contributed by atoms with E-state index in [1.165, 1.54) is 5.56 Å². The number of nitrogens with zero attached hydrogens (tertiary/aromatic N) is 1. The van der Waals surface area contributed by atoms with E-state index in [1.807, 2.05) is 12.1 Å². The minimum Gasteiger partial charge on any atom is -0.408 e. The van der Waals surface area contributed by atoms with Crippen molar-refractivity contribution >= 4 is 11.1 Å². The molecule has 0 unspecified atom stereocenters. The molecular weight excluding hydrogens is 216 g/mol. The summed E-state index contributed by atoms with van der Waals surface area (Å²) in [4.78, 5) is 11.4. The second kappa shape index (κ2) is 4.04. The number of hydrogen-bond acceptors (Lipinski definition) is 3. The van der Waals surface area contributed by atoms with Gasteiger partial charge in [-0.25, -0.2) is 4.79 Å². The highest BCUT2D eigenvalue weighted by Crippen LogP contribution is 2.27. The zero-order valence-corrected chi connectivity index (χ0v) is 9.90. The average molecular weight is 232 g/mol. The predicted octanol–water partition coefficient (Wildman–Crippen LogP) is 1.60. The first kappa shape index (κ1) is 10.6. The van der Waals surface area contributed by atoms with Crippen molar-refractivity contribution in [3.05, 3.63) is 34.3 Å². The fraction of sp³-hybridized carbons (Fsp3) is 0.462. The Hall–Kier alpha value is -1.55. The number of piperidine rings is 1. The van der Waals surface area contributed by atoms with Crippen LogP contribution in [0.1, 0.15) is 24.3 Å². The van der Waals surface area contributed by atoms with Crippen LogP contribution < -0.4 is 11.1 Å². The first-order valence-corrected chi connectivity index (χ1v) is 6.06. The van der Waals surface area contributed by atoms with Gasteiger partial charge in [0.15, 0.2) is 5.58 Å². The van der Waals surface area contributed by atoms with E-state index in [0.29, 0.717) is 11.5 Å². The van der Waals surface area contributed by atoms with Gasteiger partial charge in [-0.2, -0.15) is 0 Å². The van der Waals surface area contributed by atoms with Gasteiger partial charge in [-0.05, 0) is 49.5 Å². The van der Waals surface area contributed by atoms with E-state index in [1.54, 1.807) is 11.6 Å². The molecule has 1 aliphatic heterocycles. The maximum absolute atomic E-state index is 11.4. The summed E-state index contributed by atoms with van der Waals surface area (Å²) in [5.41, 5.74) is 2.86. The quantitative estimate of drug-likeness (QED) is 0.812. The third kappa shape index (κ3) is 1.78. The lowest BCUT2D eigenvalue weighted by atomic mass is 9.90. The maximum Gasteiger partial charge on any atom is 0.419 e. The Bertz CT molecular complexity index is 591. The highest BCUT2D eigenvalue weighted by atomic mass is 16.4. The summed E-state index contributed by atoms with van der Waals surface area (Å²) in [6, 6.07) is 6.12. The molecule has 2 aromatic rings. The molecule has 1 fully saturated rings. The molecule has 0 amide bonds. The molecule has 2 heterocycles. The number of benzene rings is 1. The van der Waals surface area contributed by atoms with Crippen LogP contribution in [0.25, 0.3) is 11.1 Å². The van der Waals surface area contributed by atoms with Crippen molar-refractivity contribution in [1.82, 2.24) is 9.88 Å². The van der Waals surface area contributed by atoms with Gasteiger partial charge in [0, 0.05) is 7.05 Å². The number of rotatable bonds is 1. The summed E-state index contributed by atoms with van der Waals surface area (Å²) in [7, 11) is 1.73. The number of fused-ring (bicyclic) bond motifs is 1. The average Bonchev–Trinajstić information content (AvgIpc) is 2.66. The largest absolute Gasteiger partial charge is 0.419 e. The molecule has 4 heteroatoms. The summed E-state index contributed by atoms with van der Waals surface area (Å²) >= 11 is 0. The molecule has 90 valence electrons. The SMILES string of the molecule is Cn1c(=O)oc2cc(C3CCNCC3)ccc21. The summed E-state index contributed by atoms with van der Waals surface area (Å²) < 4.78 is 6.77. The molecule has 1 saturated heterocycles. The summed E-state index contributed by atoms with van der Waals surface area (Å²) in [5.74, 6) is 0.300. The van der Waals surface area contributed by atoms with Gasteiger partial charge < -0.3 is 9.73 Å². The van der Waals surface area contributed by atoms with E-state index in [0.717, 1.165) is 31.4 Å². The molecule has 1 N–H and O–H groups in total. The van der Waals surface area contributed by atoms with Crippen LogP contribution in [0, 0.1) is 0 Å². The van der Waals surface area contributed by atoms with Gasteiger partial charge >= 0.3 is 5.76 Å². The molecule has 1 aromatic carbocycles. The zero-order chi connectivity index (χ0) is 11.8. The minimum atomic E-state index is -0.289. The van der Waals surface area contributed by atoms with E-state index < -0.39 is 0 Å². The van der Waals surface area contributed by atoms with Crippen molar-refractivity contribution in [3.63, 3.8) is 0 Å². The van der Waals surface area contributed by atoms with Crippen molar-refractivity contribution in [1.29, 1.82) is 0 Å². The fourth-order valence-corrected chi connectivity index (χ4v) is 2.56. The second-order valence-corrected chi connectivity index (χ2v) is 4.68. The molecule has 0 aliphatic carbocycles. The topological polar surface area (TPSA) is 47.2 Å². The standard InChI is InChI=1S/C13H16N2O2/c1-15-11-3-2-10(8-12(11)17-13(15)16)9-4-6-14-7-5-9/h2-3,8-9,14H,4-7H2,1H3. The first-order chi connectivity index (χ1) is 8.25. The lowest BCUT2D eigenvalue weighted by molar-refractivity contribution is 0.460. The lowest BCUT2D eigenvalue weighted by Crippen LogP contribution is -2.26. The van der Waals surface area contributed by atoms with Gasteiger partial charge in [0.25, 0.3) is 0 Å². The number of aromatic nitrogens is 1. The Balaban J connectivity index is 2.04. The van der Waals surface area contributed by atoms with E-state index >= 15 is 0 Å². The molecule has 4 nitrogen and oxygen atoms in total. The van der Waals surface area contributed by atoms with Crippen LogP contribution in [0.15, 0.2) is 27.4 Å². The Morgan fingerprint density at radius 2 is 2.12 bits per heavy atom. The van der Waals surface area contributed by atoms with E-state index in [9.17, 15) is 4.79 Å². The number of oxazole rings is 1. The zero-order valence-electron chi connectivity index (χ0n) is 9.90. The molecular formula is C13H16N2O2. The number of nitrogens with one attached hydrogen (secondary N) is 1. The Labute approximate surface area is 99.2 Å². The smallest absolute Gasteiger partial charge is 0.408 e. The molecule has 3 rings (SSSR count). The molecule has 0 bridgehead atoms. The minimum absolute atomic E-state index is 0.289. The Kier molecular flexibility index (Phi) is 2.52. The second-order valence-electron chi connectivity index (χ2n) is 4.68. The molecule has 1 aromatic heterocycles. The molecule has 0 spiro atoms. The van der Waals surface area contributed by atoms with Crippen LogP contribution in [0.3, 0.4) is 0 Å². The van der Waals surface area contributed by atoms with Crippen molar-refractivity contribution in [3.8, 4) is 0 Å². The van der Waals surface area contributed by atoms with Crippen molar-refractivity contribution in [2.75, 3.05) is 13.1 Å². The third-order valence-electron chi connectivity index (χ3n) is 3.63. The molecule has 1 aliphatic rings. The fourth-order valence-electron chi connectivity index (χ4n) is 2.56. The van der Waals surface area contributed by atoms with Gasteiger partial charge in [-0.15, -0.1) is 0 Å². The summed E-state index contributed by atoms with van der Waals surface area (Å²) in [6.07, 6.45) is 2.31. The lowest BCUT2D eigenvalue weighted by Gasteiger charge is -2.22. The van der Waals surface area contributed by atoms with Crippen LogP contribution in [0.5, 0.6) is 0 Å². The normalized spacial score (nSPS) is 17.7. The van der Waals surface area contributed by atoms with Crippen LogP contribution in [-0.2, 0) is 7.05 Å². The van der Waals surface area contributed by atoms with Gasteiger partial charge in [-0.1, -0.05) is 6.07 Å². The van der Waals surface area contributed by atoms with Gasteiger partial charge in [0.2, 0.25) is 0 Å². The summed E-state index contributed by atoms with van der Waals surface area (Å²) in [5, 5.41) is 3.36. The highest BCUT2D eigenvalue weighted by Gasteiger charge is 2.16. The monoisotopic (exact) mass is 232 g/mol.